The second-order valence-electron chi connectivity index (χ2n) is 3.12. The molecule has 1 heterocycles. The van der Waals surface area contributed by atoms with Crippen LogP contribution in [-0.2, 0) is 11.2 Å². The lowest BCUT2D eigenvalue weighted by Crippen LogP contribution is -2.24. The van der Waals surface area contributed by atoms with E-state index in [-0.39, 0.29) is 5.78 Å². The van der Waals surface area contributed by atoms with Gasteiger partial charge in [0.1, 0.15) is 0 Å². The van der Waals surface area contributed by atoms with Gasteiger partial charge in [0.05, 0.1) is 6.54 Å². The monoisotopic (exact) mass is 275 g/mol. The molecule has 0 saturated carbocycles. The van der Waals surface area contributed by atoms with Crippen LogP contribution in [0.5, 0.6) is 0 Å². The first-order valence-electron chi connectivity index (χ1n) is 4.67. The minimum atomic E-state index is 0.257. The number of halogens is 1. The van der Waals surface area contributed by atoms with E-state index in [1.165, 1.54) is 0 Å². The zero-order valence-electron chi connectivity index (χ0n) is 8.18. The fourth-order valence-corrected chi connectivity index (χ4v) is 2.59. The van der Waals surface area contributed by atoms with E-state index in [0.29, 0.717) is 13.0 Å². The molecule has 0 bridgehead atoms. The molecular weight excluding hydrogens is 262 g/mol. The fraction of sp³-hybridized carbons (Fsp3) is 0.500. The highest BCUT2D eigenvalue weighted by atomic mass is 79.9. The number of hydrogen-bond donors (Lipinski definition) is 1. The van der Waals surface area contributed by atoms with Crippen LogP contribution >= 0.6 is 27.3 Å². The summed E-state index contributed by atoms with van der Waals surface area (Å²) < 4.78 is 1.06. The number of ketones is 1. The van der Waals surface area contributed by atoms with Crippen molar-refractivity contribution in [3.05, 3.63) is 20.8 Å². The summed E-state index contributed by atoms with van der Waals surface area (Å²) in [7, 11) is 0. The van der Waals surface area contributed by atoms with Crippen molar-refractivity contribution in [3.8, 4) is 0 Å². The number of carbonyl (C=O) groups excluding carboxylic acids is 1. The molecule has 1 aromatic heterocycles. The molecule has 0 aromatic carbocycles. The second-order valence-corrected chi connectivity index (χ2v) is 5.03. The quantitative estimate of drug-likeness (QED) is 0.809. The van der Waals surface area contributed by atoms with Gasteiger partial charge in [-0.1, -0.05) is 6.92 Å². The molecule has 0 atom stereocenters. The molecule has 1 rings (SSSR count). The van der Waals surface area contributed by atoms with Crippen molar-refractivity contribution in [3.63, 3.8) is 0 Å². The molecule has 0 radical (unpaired) electrons. The molecule has 0 fully saturated rings. The number of hydrogen-bond acceptors (Lipinski definition) is 3. The molecule has 0 amide bonds. The first-order chi connectivity index (χ1) is 6.72. The molecule has 0 unspecified atom stereocenters. The second kappa shape index (κ2) is 6.32. The van der Waals surface area contributed by atoms with Gasteiger partial charge in [0.15, 0.2) is 5.78 Å². The molecule has 4 heteroatoms. The molecule has 0 aliphatic heterocycles. The largest absolute Gasteiger partial charge is 0.310 e. The van der Waals surface area contributed by atoms with Gasteiger partial charge < -0.3 is 5.32 Å². The highest BCUT2D eigenvalue weighted by molar-refractivity contribution is 9.10. The number of thiophene rings is 1. The predicted molar refractivity (Wildman–Crippen MR) is 63.9 cm³/mol. The summed E-state index contributed by atoms with van der Waals surface area (Å²) in [5.41, 5.74) is 0. The summed E-state index contributed by atoms with van der Waals surface area (Å²) in [5.74, 6) is 0.257. The molecule has 0 spiro atoms. The van der Waals surface area contributed by atoms with Crippen LogP contribution in [0.1, 0.15) is 18.2 Å². The first-order valence-corrected chi connectivity index (χ1v) is 6.35. The highest BCUT2D eigenvalue weighted by Crippen LogP contribution is 2.20. The van der Waals surface area contributed by atoms with Gasteiger partial charge in [-0.2, -0.15) is 0 Å². The Labute approximate surface area is 96.8 Å². The lowest BCUT2D eigenvalue weighted by molar-refractivity contribution is -0.117. The van der Waals surface area contributed by atoms with Crippen LogP contribution in [0.2, 0.25) is 0 Å². The summed E-state index contributed by atoms with van der Waals surface area (Å²) in [4.78, 5) is 12.6. The Morgan fingerprint density at radius 3 is 3.00 bits per heavy atom. The van der Waals surface area contributed by atoms with Crippen molar-refractivity contribution in [2.75, 3.05) is 13.1 Å². The first kappa shape index (κ1) is 11.9. The van der Waals surface area contributed by atoms with E-state index in [2.05, 4.69) is 28.2 Å². The number of nitrogens with one attached hydrogen (secondary N) is 1. The summed E-state index contributed by atoms with van der Waals surface area (Å²) in [6.45, 7) is 3.50. The Hall–Kier alpha value is -0.190. The molecule has 78 valence electrons. The van der Waals surface area contributed by atoms with Crippen LogP contribution in [0.4, 0.5) is 0 Å². The standard InChI is InChI=1S/C10H14BrNOS/c1-2-3-12-6-9(13)5-10-4-8(11)7-14-10/h4,7,12H,2-3,5-6H2,1H3. The highest BCUT2D eigenvalue weighted by Gasteiger charge is 2.04. The third-order valence-corrected chi connectivity index (χ3v) is 3.44. The molecule has 1 N–H and O–H groups in total. The molecule has 0 aliphatic carbocycles. The van der Waals surface area contributed by atoms with Gasteiger partial charge in [0, 0.05) is 21.2 Å². The molecule has 2 nitrogen and oxygen atoms in total. The van der Waals surface area contributed by atoms with E-state index in [4.69, 9.17) is 0 Å². The van der Waals surface area contributed by atoms with Crippen LogP contribution in [0, 0.1) is 0 Å². The van der Waals surface area contributed by atoms with Gasteiger partial charge in [-0.3, -0.25) is 4.79 Å². The Morgan fingerprint density at radius 2 is 2.43 bits per heavy atom. The van der Waals surface area contributed by atoms with Crippen molar-refractivity contribution in [2.24, 2.45) is 0 Å². The zero-order valence-corrected chi connectivity index (χ0v) is 10.6. The molecule has 1 aromatic rings. The van der Waals surface area contributed by atoms with Gasteiger partial charge in [0.2, 0.25) is 0 Å². The molecule has 0 aliphatic rings. The van der Waals surface area contributed by atoms with Crippen molar-refractivity contribution in [2.45, 2.75) is 19.8 Å². The van der Waals surface area contributed by atoms with Crippen LogP contribution in [0.3, 0.4) is 0 Å². The van der Waals surface area contributed by atoms with E-state index >= 15 is 0 Å². The average Bonchev–Trinajstić information content (AvgIpc) is 2.52. The minimum Gasteiger partial charge on any atom is -0.310 e. The summed E-state index contributed by atoms with van der Waals surface area (Å²) in [5, 5.41) is 5.11. The van der Waals surface area contributed by atoms with Crippen molar-refractivity contribution in [1.29, 1.82) is 0 Å². The topological polar surface area (TPSA) is 29.1 Å². The van der Waals surface area contributed by atoms with Gasteiger partial charge >= 0.3 is 0 Å². The Morgan fingerprint density at radius 1 is 1.64 bits per heavy atom. The van der Waals surface area contributed by atoms with E-state index in [1.54, 1.807) is 11.3 Å². The molecular formula is C10H14BrNOS. The lowest BCUT2D eigenvalue weighted by Gasteiger charge is -2.00. The Balaban J connectivity index is 2.27. The fourth-order valence-electron chi connectivity index (χ4n) is 1.11. The van der Waals surface area contributed by atoms with Crippen LogP contribution in [-0.4, -0.2) is 18.9 Å². The Kier molecular flexibility index (Phi) is 5.37. The minimum absolute atomic E-state index is 0.257. The van der Waals surface area contributed by atoms with E-state index in [1.807, 2.05) is 11.4 Å². The van der Waals surface area contributed by atoms with Crippen molar-refractivity contribution < 1.29 is 4.79 Å². The number of carbonyl (C=O) groups is 1. The van der Waals surface area contributed by atoms with Gasteiger partial charge in [-0.25, -0.2) is 0 Å². The van der Waals surface area contributed by atoms with Crippen LogP contribution in [0.25, 0.3) is 0 Å². The Bertz CT molecular complexity index is 298. The smallest absolute Gasteiger partial charge is 0.151 e. The molecule has 14 heavy (non-hydrogen) atoms. The normalized spacial score (nSPS) is 10.4. The number of rotatable bonds is 6. The summed E-state index contributed by atoms with van der Waals surface area (Å²) in [6, 6.07) is 2.00. The van der Waals surface area contributed by atoms with Crippen molar-refractivity contribution in [1.82, 2.24) is 5.32 Å². The maximum atomic E-state index is 11.4. The zero-order chi connectivity index (χ0) is 10.4. The van der Waals surface area contributed by atoms with Gasteiger partial charge in [-0.05, 0) is 35.0 Å². The van der Waals surface area contributed by atoms with Crippen LogP contribution in [0.15, 0.2) is 15.9 Å². The third-order valence-electron chi connectivity index (χ3n) is 1.74. The lowest BCUT2D eigenvalue weighted by atomic mass is 10.2. The number of Topliss-reactive ketones (excluding diaryl/α,β-unsaturated/α-hetero) is 1. The van der Waals surface area contributed by atoms with E-state index in [0.717, 1.165) is 22.3 Å². The van der Waals surface area contributed by atoms with Gasteiger partial charge in [0.25, 0.3) is 0 Å². The maximum Gasteiger partial charge on any atom is 0.151 e. The SMILES string of the molecule is CCCNCC(=O)Cc1cc(Br)cs1. The summed E-state index contributed by atoms with van der Waals surface area (Å²) >= 11 is 4.99. The summed E-state index contributed by atoms with van der Waals surface area (Å²) in [6.07, 6.45) is 1.62. The van der Waals surface area contributed by atoms with Crippen molar-refractivity contribution >= 4 is 33.0 Å². The van der Waals surface area contributed by atoms with Gasteiger partial charge in [-0.15, -0.1) is 11.3 Å². The van der Waals surface area contributed by atoms with E-state index in [9.17, 15) is 4.79 Å². The predicted octanol–water partition coefficient (Wildman–Crippen LogP) is 2.62. The average molecular weight is 276 g/mol. The van der Waals surface area contributed by atoms with E-state index < -0.39 is 0 Å². The maximum absolute atomic E-state index is 11.4. The third kappa shape index (κ3) is 4.35. The van der Waals surface area contributed by atoms with Crippen LogP contribution < -0.4 is 5.32 Å². The molecule has 0 saturated heterocycles.